The SMILES string of the molecule is NC(=O)c1c(NC(=O)CCC2CCCC2)sc2c1CCCCCC2. The van der Waals surface area contributed by atoms with Gasteiger partial charge in [-0.25, -0.2) is 0 Å². The van der Waals surface area contributed by atoms with Crippen LogP contribution in [0, 0.1) is 5.92 Å². The molecule has 2 amide bonds. The Balaban J connectivity index is 1.70. The number of amides is 2. The van der Waals surface area contributed by atoms with Gasteiger partial charge in [0.1, 0.15) is 5.00 Å². The summed E-state index contributed by atoms with van der Waals surface area (Å²) < 4.78 is 0. The molecule has 0 saturated heterocycles. The fourth-order valence-electron chi connectivity index (χ4n) is 4.09. The maximum absolute atomic E-state index is 12.3. The Labute approximate surface area is 148 Å². The van der Waals surface area contributed by atoms with Crippen LogP contribution in [0.25, 0.3) is 0 Å². The Morgan fingerprint density at radius 1 is 1.04 bits per heavy atom. The summed E-state index contributed by atoms with van der Waals surface area (Å²) in [4.78, 5) is 25.6. The van der Waals surface area contributed by atoms with Crippen LogP contribution >= 0.6 is 11.3 Å². The summed E-state index contributed by atoms with van der Waals surface area (Å²) in [6.45, 7) is 0. The first kappa shape index (κ1) is 17.5. The Morgan fingerprint density at radius 3 is 2.46 bits per heavy atom. The average Bonchev–Trinajstić information content (AvgIpc) is 3.13. The van der Waals surface area contributed by atoms with E-state index in [-0.39, 0.29) is 5.91 Å². The maximum Gasteiger partial charge on any atom is 0.251 e. The molecule has 4 nitrogen and oxygen atoms in total. The number of primary amides is 1. The smallest absolute Gasteiger partial charge is 0.251 e. The highest BCUT2D eigenvalue weighted by Gasteiger charge is 2.24. The van der Waals surface area contributed by atoms with Gasteiger partial charge in [-0.1, -0.05) is 38.5 Å². The highest BCUT2D eigenvalue weighted by atomic mass is 32.1. The highest BCUT2D eigenvalue weighted by Crippen LogP contribution is 2.37. The number of hydrogen-bond acceptors (Lipinski definition) is 3. The molecule has 0 atom stereocenters. The molecule has 24 heavy (non-hydrogen) atoms. The van der Waals surface area contributed by atoms with Gasteiger partial charge >= 0.3 is 0 Å². The molecule has 1 heterocycles. The summed E-state index contributed by atoms with van der Waals surface area (Å²) >= 11 is 1.57. The second-order valence-electron chi connectivity index (χ2n) is 7.22. The van der Waals surface area contributed by atoms with Gasteiger partial charge in [0.25, 0.3) is 5.91 Å². The van der Waals surface area contributed by atoms with E-state index in [1.165, 1.54) is 43.4 Å². The standard InChI is InChI=1S/C19H28N2O2S/c20-18(23)17-14-9-3-1-2-4-10-15(14)24-19(17)21-16(22)12-11-13-7-5-6-8-13/h13H,1-12H2,(H2,20,23)(H,21,22). The van der Waals surface area contributed by atoms with E-state index in [0.717, 1.165) is 37.7 Å². The van der Waals surface area contributed by atoms with E-state index in [4.69, 9.17) is 5.73 Å². The van der Waals surface area contributed by atoms with Gasteiger partial charge in [0.05, 0.1) is 5.56 Å². The van der Waals surface area contributed by atoms with Crippen LogP contribution in [-0.2, 0) is 17.6 Å². The molecule has 1 aromatic rings. The molecule has 3 rings (SSSR count). The molecule has 3 N–H and O–H groups in total. The summed E-state index contributed by atoms with van der Waals surface area (Å²) in [5.41, 5.74) is 7.31. The van der Waals surface area contributed by atoms with Gasteiger partial charge < -0.3 is 11.1 Å². The van der Waals surface area contributed by atoms with E-state index in [1.807, 2.05) is 0 Å². The molecule has 5 heteroatoms. The van der Waals surface area contributed by atoms with Crippen LogP contribution in [0.5, 0.6) is 0 Å². The van der Waals surface area contributed by atoms with Crippen LogP contribution in [0.2, 0.25) is 0 Å². The third-order valence-corrected chi connectivity index (χ3v) is 6.63. The van der Waals surface area contributed by atoms with Crippen LogP contribution < -0.4 is 11.1 Å². The highest BCUT2D eigenvalue weighted by molar-refractivity contribution is 7.17. The van der Waals surface area contributed by atoms with Gasteiger partial charge in [-0.3, -0.25) is 9.59 Å². The number of rotatable bonds is 5. The molecule has 0 bridgehead atoms. The molecule has 2 aliphatic carbocycles. The molecule has 132 valence electrons. The van der Waals surface area contributed by atoms with E-state index in [2.05, 4.69) is 5.32 Å². The molecule has 2 aliphatic rings. The largest absolute Gasteiger partial charge is 0.365 e. The second-order valence-corrected chi connectivity index (χ2v) is 8.33. The van der Waals surface area contributed by atoms with Crippen LogP contribution in [0.3, 0.4) is 0 Å². The molecule has 0 aromatic carbocycles. The number of carbonyl (C=O) groups excluding carboxylic acids is 2. The van der Waals surface area contributed by atoms with E-state index in [0.29, 0.717) is 22.9 Å². The summed E-state index contributed by atoms with van der Waals surface area (Å²) in [5, 5.41) is 3.68. The van der Waals surface area contributed by atoms with E-state index in [1.54, 1.807) is 11.3 Å². The first-order valence-electron chi connectivity index (χ1n) is 9.39. The van der Waals surface area contributed by atoms with Crippen molar-refractivity contribution < 1.29 is 9.59 Å². The lowest BCUT2D eigenvalue weighted by Crippen LogP contribution is -2.18. The predicted molar refractivity (Wildman–Crippen MR) is 98.5 cm³/mol. The van der Waals surface area contributed by atoms with Crippen LogP contribution in [0.1, 0.15) is 85.0 Å². The molecule has 0 radical (unpaired) electrons. The van der Waals surface area contributed by atoms with Gasteiger partial charge in [0.2, 0.25) is 5.91 Å². The van der Waals surface area contributed by atoms with Crippen molar-refractivity contribution in [1.29, 1.82) is 0 Å². The zero-order chi connectivity index (χ0) is 16.9. The Morgan fingerprint density at radius 2 is 1.75 bits per heavy atom. The first-order valence-corrected chi connectivity index (χ1v) is 10.2. The predicted octanol–water partition coefficient (Wildman–Crippen LogP) is 4.41. The van der Waals surface area contributed by atoms with Crippen LogP contribution in [0.4, 0.5) is 5.00 Å². The number of aryl methyl sites for hydroxylation is 1. The average molecular weight is 349 g/mol. The molecular weight excluding hydrogens is 320 g/mol. The minimum absolute atomic E-state index is 0.0265. The topological polar surface area (TPSA) is 72.2 Å². The molecule has 0 spiro atoms. The van der Waals surface area contributed by atoms with Crippen molar-refractivity contribution in [1.82, 2.24) is 0 Å². The van der Waals surface area contributed by atoms with Crippen molar-refractivity contribution in [2.45, 2.75) is 77.0 Å². The minimum atomic E-state index is -0.404. The summed E-state index contributed by atoms with van der Waals surface area (Å²) in [6.07, 6.45) is 13.2. The summed E-state index contributed by atoms with van der Waals surface area (Å²) in [6, 6.07) is 0. The summed E-state index contributed by atoms with van der Waals surface area (Å²) in [7, 11) is 0. The normalized spacial score (nSPS) is 18.7. The molecule has 1 fully saturated rings. The van der Waals surface area contributed by atoms with E-state index in [9.17, 15) is 9.59 Å². The molecular formula is C19H28N2O2S. The van der Waals surface area contributed by atoms with Gasteiger partial charge in [0.15, 0.2) is 0 Å². The fourth-order valence-corrected chi connectivity index (χ4v) is 5.40. The minimum Gasteiger partial charge on any atom is -0.365 e. The first-order chi connectivity index (χ1) is 11.6. The fraction of sp³-hybridized carbons (Fsp3) is 0.684. The number of carbonyl (C=O) groups is 2. The molecule has 0 unspecified atom stereocenters. The number of nitrogens with two attached hydrogens (primary N) is 1. The number of fused-ring (bicyclic) bond motifs is 1. The lowest BCUT2D eigenvalue weighted by atomic mass is 9.96. The van der Waals surface area contributed by atoms with E-state index >= 15 is 0 Å². The van der Waals surface area contributed by atoms with Crippen molar-refractivity contribution in [2.75, 3.05) is 5.32 Å². The van der Waals surface area contributed by atoms with E-state index < -0.39 is 5.91 Å². The van der Waals surface area contributed by atoms with Crippen molar-refractivity contribution in [2.24, 2.45) is 11.7 Å². The zero-order valence-corrected chi connectivity index (χ0v) is 15.2. The number of anilines is 1. The lowest BCUT2D eigenvalue weighted by molar-refractivity contribution is -0.116. The van der Waals surface area contributed by atoms with Gasteiger partial charge in [0, 0.05) is 11.3 Å². The zero-order valence-electron chi connectivity index (χ0n) is 14.4. The summed E-state index contributed by atoms with van der Waals surface area (Å²) in [5.74, 6) is 0.327. The Bertz CT molecular complexity index is 603. The van der Waals surface area contributed by atoms with Crippen molar-refractivity contribution >= 4 is 28.2 Å². The molecule has 1 aromatic heterocycles. The Hall–Kier alpha value is -1.36. The van der Waals surface area contributed by atoms with Crippen molar-refractivity contribution in [3.63, 3.8) is 0 Å². The van der Waals surface area contributed by atoms with Gasteiger partial charge in [-0.2, -0.15) is 0 Å². The quantitative estimate of drug-likeness (QED) is 0.827. The van der Waals surface area contributed by atoms with Gasteiger partial charge in [-0.05, 0) is 43.6 Å². The monoisotopic (exact) mass is 348 g/mol. The van der Waals surface area contributed by atoms with Crippen LogP contribution in [-0.4, -0.2) is 11.8 Å². The Kier molecular flexibility index (Phi) is 5.93. The third-order valence-electron chi connectivity index (χ3n) is 5.43. The third kappa shape index (κ3) is 4.18. The number of nitrogens with one attached hydrogen (secondary N) is 1. The number of hydrogen-bond donors (Lipinski definition) is 2. The number of thiophene rings is 1. The maximum atomic E-state index is 12.3. The molecule has 1 saturated carbocycles. The van der Waals surface area contributed by atoms with Crippen molar-refractivity contribution in [3.05, 3.63) is 16.0 Å². The molecule has 0 aliphatic heterocycles. The second kappa shape index (κ2) is 8.15. The van der Waals surface area contributed by atoms with Gasteiger partial charge in [-0.15, -0.1) is 11.3 Å². The lowest BCUT2D eigenvalue weighted by Gasteiger charge is -2.10. The van der Waals surface area contributed by atoms with Crippen molar-refractivity contribution in [3.8, 4) is 0 Å². The van der Waals surface area contributed by atoms with Crippen LogP contribution in [0.15, 0.2) is 0 Å².